The van der Waals surface area contributed by atoms with Crippen molar-refractivity contribution in [3.05, 3.63) is 51.4 Å². The molecule has 10 heteroatoms. The lowest BCUT2D eigenvalue weighted by Gasteiger charge is -2.07. The Hall–Kier alpha value is -2.36. The number of carboxylic acid groups (broad SMARTS) is 1. The van der Waals surface area contributed by atoms with Crippen LogP contribution in [0.3, 0.4) is 0 Å². The third kappa shape index (κ3) is 4.49. The summed E-state index contributed by atoms with van der Waals surface area (Å²) in [6.07, 6.45) is 0.903. The number of carbonyl (C=O) groups is 1. The highest BCUT2D eigenvalue weighted by molar-refractivity contribution is 7.90. The minimum atomic E-state index is -3.56. The topological polar surface area (TPSA) is 114 Å². The summed E-state index contributed by atoms with van der Waals surface area (Å²) in [4.78, 5) is 31.4. The molecular formula is C17H13ClN2O5S2. The normalized spacial score (nSPS) is 11.6. The molecule has 0 unspecified atom stereocenters. The van der Waals surface area contributed by atoms with Crippen molar-refractivity contribution in [1.82, 2.24) is 9.97 Å². The zero-order valence-corrected chi connectivity index (χ0v) is 16.4. The number of carboxylic acids is 1. The van der Waals surface area contributed by atoms with Gasteiger partial charge in [0.05, 0.1) is 16.7 Å². The summed E-state index contributed by atoms with van der Waals surface area (Å²) >= 11 is 7.14. The van der Waals surface area contributed by atoms with Crippen LogP contribution in [0.25, 0.3) is 20.8 Å². The van der Waals surface area contributed by atoms with E-state index in [-0.39, 0.29) is 28.4 Å². The molecule has 0 radical (unpaired) electrons. The molecule has 0 aliphatic rings. The van der Waals surface area contributed by atoms with Gasteiger partial charge in [0.25, 0.3) is 5.56 Å². The van der Waals surface area contributed by atoms with E-state index in [1.54, 1.807) is 18.2 Å². The van der Waals surface area contributed by atoms with E-state index in [1.807, 2.05) is 0 Å². The number of benzene rings is 1. The first-order valence-corrected chi connectivity index (χ1v) is 10.8. The molecule has 3 aromatic rings. The summed E-state index contributed by atoms with van der Waals surface area (Å²) in [5, 5.41) is 9.95. The van der Waals surface area contributed by atoms with Crippen LogP contribution in [0.5, 0.6) is 0 Å². The molecule has 27 heavy (non-hydrogen) atoms. The van der Waals surface area contributed by atoms with Gasteiger partial charge in [-0.05, 0) is 30.3 Å². The first-order chi connectivity index (χ1) is 12.6. The fourth-order valence-electron chi connectivity index (χ4n) is 2.39. The van der Waals surface area contributed by atoms with Gasteiger partial charge in [0.1, 0.15) is 10.7 Å². The highest BCUT2D eigenvalue weighted by Crippen LogP contribution is 2.28. The number of fused-ring (bicyclic) bond motifs is 1. The van der Waals surface area contributed by atoms with Crippen molar-refractivity contribution in [3.63, 3.8) is 0 Å². The molecule has 1 aromatic carbocycles. The van der Waals surface area contributed by atoms with Gasteiger partial charge in [-0.1, -0.05) is 11.6 Å². The maximum Gasteiger partial charge on any atom is 0.303 e. The molecule has 0 aliphatic heterocycles. The Bertz CT molecular complexity index is 1220. The van der Waals surface area contributed by atoms with Gasteiger partial charge in [-0.15, -0.1) is 11.3 Å². The number of hydrogen-bond acceptors (Lipinski definition) is 7. The molecular weight excluding hydrogens is 412 g/mol. The van der Waals surface area contributed by atoms with Gasteiger partial charge in [-0.2, -0.15) is 4.98 Å². The molecule has 0 aliphatic carbocycles. The van der Waals surface area contributed by atoms with Crippen molar-refractivity contribution >= 4 is 48.8 Å². The largest absolute Gasteiger partial charge is 0.481 e. The van der Waals surface area contributed by atoms with Crippen molar-refractivity contribution in [2.45, 2.75) is 17.7 Å². The van der Waals surface area contributed by atoms with E-state index in [1.165, 1.54) is 12.1 Å². The quantitative estimate of drug-likeness (QED) is 0.669. The van der Waals surface area contributed by atoms with Crippen LogP contribution >= 0.6 is 22.9 Å². The van der Waals surface area contributed by atoms with Crippen LogP contribution in [0.4, 0.5) is 0 Å². The minimum absolute atomic E-state index is 0.0134. The zero-order valence-electron chi connectivity index (χ0n) is 14.0. The van der Waals surface area contributed by atoms with E-state index in [4.69, 9.17) is 16.7 Å². The molecule has 2 aromatic heterocycles. The number of halogens is 1. The van der Waals surface area contributed by atoms with E-state index in [9.17, 15) is 18.0 Å². The SMILES string of the molecule is CS(=O)(=O)c1cc(CCC(=O)O)nc(-c2nc(=O)c3ccc(Cl)cc3s2)c1. The Labute approximate surface area is 163 Å². The lowest BCUT2D eigenvalue weighted by atomic mass is 10.2. The Morgan fingerprint density at radius 3 is 2.63 bits per heavy atom. The number of nitrogens with zero attached hydrogens (tertiary/aromatic N) is 2. The van der Waals surface area contributed by atoms with E-state index >= 15 is 0 Å². The molecule has 0 saturated heterocycles. The molecule has 3 rings (SSSR count). The lowest BCUT2D eigenvalue weighted by molar-refractivity contribution is -0.136. The number of rotatable bonds is 5. The standard InChI is InChI=1S/C17H13ClN2O5S2/c1-27(24,25)11-7-10(3-5-15(21)22)19-13(8-11)17-20-16(23)12-4-2-9(18)6-14(12)26-17/h2,4,6-8H,3,5H2,1H3,(H,21,22). The van der Waals surface area contributed by atoms with Crippen LogP contribution in [0.15, 0.2) is 40.0 Å². The van der Waals surface area contributed by atoms with Gasteiger partial charge >= 0.3 is 5.97 Å². The summed E-state index contributed by atoms with van der Waals surface area (Å²) < 4.78 is 24.6. The summed E-state index contributed by atoms with van der Waals surface area (Å²) in [5.41, 5.74) is 0.0133. The van der Waals surface area contributed by atoms with Crippen LogP contribution < -0.4 is 5.56 Å². The van der Waals surface area contributed by atoms with Crippen molar-refractivity contribution in [3.8, 4) is 10.7 Å². The Morgan fingerprint density at radius 2 is 1.96 bits per heavy atom. The average Bonchev–Trinajstić information content (AvgIpc) is 2.58. The van der Waals surface area contributed by atoms with Crippen LogP contribution in [0.1, 0.15) is 12.1 Å². The molecule has 0 fully saturated rings. The van der Waals surface area contributed by atoms with Crippen molar-refractivity contribution in [1.29, 1.82) is 0 Å². The molecule has 0 spiro atoms. The van der Waals surface area contributed by atoms with Crippen LogP contribution in [-0.2, 0) is 21.1 Å². The Morgan fingerprint density at radius 1 is 1.22 bits per heavy atom. The molecule has 140 valence electrons. The second-order valence-corrected chi connectivity index (χ2v) is 9.29. The van der Waals surface area contributed by atoms with E-state index in [0.717, 1.165) is 17.6 Å². The maximum absolute atomic E-state index is 12.3. The molecule has 0 amide bonds. The van der Waals surface area contributed by atoms with Crippen molar-refractivity contribution in [2.24, 2.45) is 0 Å². The summed E-state index contributed by atoms with van der Waals surface area (Å²) in [5.74, 6) is -1.02. The third-order valence-corrected chi connectivity index (χ3v) is 6.06. The monoisotopic (exact) mass is 424 g/mol. The molecule has 2 heterocycles. The van der Waals surface area contributed by atoms with Gasteiger partial charge in [-0.25, -0.2) is 8.42 Å². The van der Waals surface area contributed by atoms with Crippen molar-refractivity contribution in [2.75, 3.05) is 6.26 Å². The molecule has 7 nitrogen and oxygen atoms in total. The van der Waals surface area contributed by atoms with Crippen LogP contribution in [0, 0.1) is 0 Å². The Balaban J connectivity index is 2.20. The van der Waals surface area contributed by atoms with Gasteiger partial charge in [-0.3, -0.25) is 14.6 Å². The first-order valence-electron chi connectivity index (χ1n) is 7.67. The highest BCUT2D eigenvalue weighted by Gasteiger charge is 2.16. The van der Waals surface area contributed by atoms with Gasteiger partial charge in [0.15, 0.2) is 9.84 Å². The minimum Gasteiger partial charge on any atom is -0.481 e. The number of aromatic nitrogens is 2. The predicted molar refractivity (Wildman–Crippen MR) is 103 cm³/mol. The van der Waals surface area contributed by atoms with Gasteiger partial charge < -0.3 is 5.11 Å². The fraction of sp³-hybridized carbons (Fsp3) is 0.176. The van der Waals surface area contributed by atoms with Gasteiger partial charge in [0.2, 0.25) is 0 Å². The average molecular weight is 425 g/mol. The number of aliphatic carboxylic acids is 1. The van der Waals surface area contributed by atoms with Crippen LogP contribution in [-0.4, -0.2) is 35.7 Å². The fourth-order valence-corrected chi connectivity index (χ4v) is 4.30. The van der Waals surface area contributed by atoms with Gasteiger partial charge in [0, 0.05) is 28.1 Å². The summed E-state index contributed by atoms with van der Waals surface area (Å²) in [6.45, 7) is 0. The molecule has 0 saturated carbocycles. The van der Waals surface area contributed by atoms with E-state index < -0.39 is 21.4 Å². The molecule has 0 bridgehead atoms. The molecule has 1 N–H and O–H groups in total. The zero-order chi connectivity index (χ0) is 19.8. The second-order valence-electron chi connectivity index (χ2n) is 5.81. The lowest BCUT2D eigenvalue weighted by Crippen LogP contribution is -2.08. The van der Waals surface area contributed by atoms with E-state index in [2.05, 4.69) is 9.97 Å². The second kappa shape index (κ2) is 7.34. The number of hydrogen-bond donors (Lipinski definition) is 1. The number of sulfone groups is 1. The Kier molecular flexibility index (Phi) is 5.27. The molecule has 0 atom stereocenters. The third-order valence-electron chi connectivity index (χ3n) is 3.68. The van der Waals surface area contributed by atoms with Crippen molar-refractivity contribution < 1.29 is 18.3 Å². The van der Waals surface area contributed by atoms with Crippen LogP contribution in [0.2, 0.25) is 5.02 Å². The summed E-state index contributed by atoms with van der Waals surface area (Å²) in [6, 6.07) is 7.45. The predicted octanol–water partition coefficient (Wildman–Crippen LogP) is 2.79. The number of aryl methyl sites for hydroxylation is 1. The first kappa shape index (κ1) is 19.4. The summed E-state index contributed by atoms with van der Waals surface area (Å²) in [7, 11) is -3.56. The highest BCUT2D eigenvalue weighted by atomic mass is 35.5. The van der Waals surface area contributed by atoms with E-state index in [0.29, 0.717) is 20.8 Å². The smallest absolute Gasteiger partial charge is 0.303 e. The number of pyridine rings is 1. The maximum atomic E-state index is 12.3.